The number of pyridine rings is 1. The first kappa shape index (κ1) is 80.2. The predicted octanol–water partition coefficient (Wildman–Crippen LogP) is 10.1. The Labute approximate surface area is 642 Å². The van der Waals surface area contributed by atoms with Crippen LogP contribution in [0.2, 0.25) is 0 Å². The molecule has 24 nitrogen and oxygen atoms in total. The fourth-order valence-electron chi connectivity index (χ4n) is 14.0. The molecule has 0 saturated carbocycles. The third-order valence-electron chi connectivity index (χ3n) is 20.2. The second-order valence-corrected chi connectivity index (χ2v) is 31.9. The number of aliphatic hydroxyl groups excluding tert-OH is 1. The molecular formula is C84H97N12O12S2+. The molecule has 26 heteroatoms. The molecule has 4 heterocycles. The lowest BCUT2D eigenvalue weighted by molar-refractivity contribution is -0.134. The quantitative estimate of drug-likeness (QED) is 0.0126. The summed E-state index contributed by atoms with van der Waals surface area (Å²) in [5, 5.41) is 31.3. The lowest BCUT2D eigenvalue weighted by Crippen LogP contribution is -2.50. The number of sulfone groups is 1. The Hall–Kier alpha value is -10.8. The van der Waals surface area contributed by atoms with Gasteiger partial charge in [0, 0.05) is 147 Å². The predicted molar refractivity (Wildman–Crippen MR) is 423 cm³/mol. The highest BCUT2D eigenvalue weighted by atomic mass is 32.2. The van der Waals surface area contributed by atoms with Crippen LogP contribution < -0.4 is 30.8 Å². The molecule has 11 rings (SSSR count). The number of piperazine rings is 1. The van der Waals surface area contributed by atoms with E-state index in [0.29, 0.717) is 79.6 Å². The normalized spacial score (nSPS) is 13.5. The molecule has 3 atom stereocenters. The molecule has 5 amide bonds. The standard InChI is InChI=1S/C84H96N12O12S2/c1-8-91(9-2)64-37-39-70-74(50-64)108-75-51-65(92(10-3)11-4)38-40-71(75)80(70)68-29-17-18-30-69(68)84(103)94-47-45-93(46-48-94)79(100)42-41-77(98)85-43-19-13-16-32-78(99)88-72(49-59-33-35-62(36-34-59)82(101)61-23-14-12-15-24-61)83(102)87-53-63-55-96(90-89-63)58(7)73(97)56-95(54-57(5)6)110(106,107)67-28-21-27-66(52-67)109(104,105)76-31-20-25-60-26-22-44-86-81(60)76/h12,14-15,17-18,20-31,33-40,44,50-52,55,57-58,72-73,97H,8-11,13,16,19,32,41-43,45-49,53-54,56H2,1-7H3,(H2-,85,87,88,98,99,102)/p+1/t58-,72-,73?/m0/s1. The number of aliphatic hydroxyl groups is 1. The molecule has 4 N–H and O–H groups in total. The van der Waals surface area contributed by atoms with Gasteiger partial charge in [0.2, 0.25) is 48.8 Å². The minimum absolute atomic E-state index is 0.00121. The molecule has 2 aromatic heterocycles. The third kappa shape index (κ3) is 19.1. The number of unbranched alkanes of at least 4 members (excludes halogenated alkanes) is 2. The fourth-order valence-corrected chi connectivity index (χ4v) is 17.2. The number of ketones is 1. The number of amides is 5. The van der Waals surface area contributed by atoms with Gasteiger partial charge in [-0.05, 0) is 119 Å². The number of hydrogen-bond donors (Lipinski definition) is 4. The molecule has 1 aliphatic carbocycles. The molecule has 3 aliphatic rings. The molecule has 8 aromatic rings. The Morgan fingerprint density at radius 3 is 2.09 bits per heavy atom. The van der Waals surface area contributed by atoms with Crippen LogP contribution in [0.15, 0.2) is 201 Å². The van der Waals surface area contributed by atoms with Crippen LogP contribution in [0.5, 0.6) is 0 Å². The van der Waals surface area contributed by atoms with Gasteiger partial charge in [-0.25, -0.2) is 26.1 Å². The number of nitrogens with one attached hydrogen (secondary N) is 3. The number of rotatable bonds is 34. The monoisotopic (exact) mass is 1530 g/mol. The van der Waals surface area contributed by atoms with Crippen LogP contribution in [-0.2, 0) is 52.0 Å². The van der Waals surface area contributed by atoms with Gasteiger partial charge in [-0.15, -0.1) is 5.10 Å². The van der Waals surface area contributed by atoms with Gasteiger partial charge in [0.1, 0.15) is 36.2 Å². The van der Waals surface area contributed by atoms with Gasteiger partial charge in [0.05, 0.1) is 51.2 Å². The van der Waals surface area contributed by atoms with Crippen molar-refractivity contribution in [2.24, 2.45) is 5.92 Å². The zero-order valence-corrected chi connectivity index (χ0v) is 65.0. The van der Waals surface area contributed by atoms with Gasteiger partial charge < -0.3 is 40.2 Å². The molecule has 1 saturated heterocycles. The minimum Gasteiger partial charge on any atom is -0.456 e. The van der Waals surface area contributed by atoms with Gasteiger partial charge in [-0.2, -0.15) is 4.31 Å². The van der Waals surface area contributed by atoms with E-state index < -0.39 is 56.4 Å². The van der Waals surface area contributed by atoms with E-state index in [1.807, 2.05) is 44.2 Å². The number of anilines is 1. The number of sulfonamides is 1. The van der Waals surface area contributed by atoms with Crippen molar-refractivity contribution < 1.29 is 55.1 Å². The van der Waals surface area contributed by atoms with Crippen LogP contribution in [0.4, 0.5) is 5.69 Å². The maximum Gasteiger partial charge on any atom is 0.254 e. The Balaban J connectivity index is 0.655. The second-order valence-electron chi connectivity index (χ2n) is 28.0. The van der Waals surface area contributed by atoms with E-state index in [1.165, 1.54) is 41.3 Å². The molecule has 2 aliphatic heterocycles. The third-order valence-corrected chi connectivity index (χ3v) is 23.8. The first-order valence-electron chi connectivity index (χ1n) is 37.8. The van der Waals surface area contributed by atoms with Crippen molar-refractivity contribution in [3.05, 3.63) is 216 Å². The van der Waals surface area contributed by atoms with Crippen LogP contribution in [0.1, 0.15) is 131 Å². The molecule has 0 bridgehead atoms. The second kappa shape index (κ2) is 36.6. The van der Waals surface area contributed by atoms with E-state index in [-0.39, 0.29) is 94.1 Å². The van der Waals surface area contributed by atoms with Crippen molar-refractivity contribution in [1.82, 2.24) is 54.6 Å². The molecule has 0 spiro atoms. The highest BCUT2D eigenvalue weighted by Gasteiger charge is 2.34. The summed E-state index contributed by atoms with van der Waals surface area (Å²) in [5.74, 6) is -1.18. The summed E-state index contributed by atoms with van der Waals surface area (Å²) in [7, 11) is -8.64. The van der Waals surface area contributed by atoms with Crippen molar-refractivity contribution >= 4 is 82.7 Å². The Morgan fingerprint density at radius 2 is 1.35 bits per heavy atom. The number of aromatic nitrogens is 4. The summed E-state index contributed by atoms with van der Waals surface area (Å²) in [5.41, 5.74) is 7.07. The number of hydrogen-bond acceptors (Lipinski definition) is 16. The van der Waals surface area contributed by atoms with E-state index >= 15 is 0 Å². The molecule has 576 valence electrons. The number of fused-ring (bicyclic) bond motifs is 3. The van der Waals surface area contributed by atoms with Crippen LogP contribution in [-0.4, -0.2) is 175 Å². The molecule has 0 radical (unpaired) electrons. The average molecular weight is 1530 g/mol. The summed E-state index contributed by atoms with van der Waals surface area (Å²) in [6.45, 7) is 18.2. The number of benzene rings is 7. The minimum atomic E-state index is -4.40. The van der Waals surface area contributed by atoms with Crippen molar-refractivity contribution in [2.75, 3.05) is 76.9 Å². The fraction of sp³-hybridized carbons (Fsp3) is 0.357. The van der Waals surface area contributed by atoms with Crippen molar-refractivity contribution in [3.63, 3.8) is 0 Å². The van der Waals surface area contributed by atoms with Crippen LogP contribution in [0.3, 0.4) is 0 Å². The topological polar surface area (TPSA) is 300 Å². The number of nitrogens with zero attached hydrogens (tertiary/aromatic N) is 9. The van der Waals surface area contributed by atoms with Crippen LogP contribution >= 0.6 is 0 Å². The van der Waals surface area contributed by atoms with E-state index in [0.717, 1.165) is 81.0 Å². The smallest absolute Gasteiger partial charge is 0.254 e. The summed E-state index contributed by atoms with van der Waals surface area (Å²) in [6.07, 6.45) is 3.31. The lowest BCUT2D eigenvalue weighted by atomic mass is 9.90. The molecule has 1 unspecified atom stereocenters. The van der Waals surface area contributed by atoms with E-state index in [2.05, 4.69) is 105 Å². The molecule has 110 heavy (non-hydrogen) atoms. The molecule has 6 aromatic carbocycles. The van der Waals surface area contributed by atoms with Crippen molar-refractivity contribution in [2.45, 2.75) is 133 Å². The van der Waals surface area contributed by atoms with Crippen LogP contribution in [0.25, 0.3) is 44.3 Å². The number of para-hydroxylation sites is 1. The first-order chi connectivity index (χ1) is 53.0. The number of carbonyl (C=O) groups is 6. The van der Waals surface area contributed by atoms with Gasteiger partial charge >= 0.3 is 0 Å². The summed E-state index contributed by atoms with van der Waals surface area (Å²) < 4.78 is 68.5. The first-order valence-corrected chi connectivity index (χ1v) is 40.7. The summed E-state index contributed by atoms with van der Waals surface area (Å²) in [6, 6.07) is 47.2. The highest BCUT2D eigenvalue weighted by Crippen LogP contribution is 2.43. The maximum absolute atomic E-state index is 14.7. The summed E-state index contributed by atoms with van der Waals surface area (Å²) in [4.78, 5) is 91.9. The maximum atomic E-state index is 14.7. The summed E-state index contributed by atoms with van der Waals surface area (Å²) >= 11 is 0. The van der Waals surface area contributed by atoms with Gasteiger partial charge in [-0.1, -0.05) is 123 Å². The van der Waals surface area contributed by atoms with Gasteiger partial charge in [-0.3, -0.25) is 33.8 Å². The van der Waals surface area contributed by atoms with E-state index in [9.17, 15) is 50.7 Å². The largest absolute Gasteiger partial charge is 0.456 e. The molecule has 1 fully saturated rings. The Bertz CT molecular complexity index is 5220. The molecular weight excluding hydrogens is 1430 g/mol. The van der Waals surface area contributed by atoms with Crippen molar-refractivity contribution in [3.8, 4) is 22.5 Å². The van der Waals surface area contributed by atoms with Crippen LogP contribution in [0, 0.1) is 5.92 Å². The number of carbonyl (C=O) groups excluding carboxylic acids is 6. The SMILES string of the molecule is CCN(CC)c1ccc2c(-c3ccccc3C(=O)N3CCN(C(=O)CCC(=O)NCCCCCC(=O)N[C@@H](Cc4ccc(C(=O)c5ccccc5)cc4)C(=O)NCc4cn([C@@H](C)C(O)CN(CC(C)C)S(=O)(=O)c5cccc(S(=O)(=O)c6cccc7cccnc67)c5)nn4)CC3)c3ccc(=[N+](CC)CC)cc-3oc2c1. The highest BCUT2D eigenvalue weighted by molar-refractivity contribution is 7.92. The van der Waals surface area contributed by atoms with E-state index in [1.54, 1.807) is 89.5 Å². The zero-order valence-electron chi connectivity index (χ0n) is 63.3. The zero-order chi connectivity index (χ0) is 78.2. The van der Waals surface area contributed by atoms with Crippen molar-refractivity contribution in [1.29, 1.82) is 0 Å². The van der Waals surface area contributed by atoms with E-state index in [4.69, 9.17) is 4.42 Å². The Morgan fingerprint density at radius 1 is 0.655 bits per heavy atom. The average Bonchev–Trinajstić information content (AvgIpc) is 0.876. The Kier molecular flexibility index (Phi) is 26.7. The van der Waals surface area contributed by atoms with Gasteiger partial charge in [0.15, 0.2) is 5.78 Å². The lowest BCUT2D eigenvalue weighted by Gasteiger charge is -2.35. The van der Waals surface area contributed by atoms with Gasteiger partial charge in [0.25, 0.3) is 5.91 Å².